The molecule has 0 unspecified atom stereocenters. The molecule has 0 fully saturated rings. The zero-order valence-corrected chi connectivity index (χ0v) is 15.4. The molecule has 150 valence electrons. The molecule has 0 radical (unpaired) electrons. The van der Waals surface area contributed by atoms with Crippen LogP contribution in [0.5, 0.6) is 5.75 Å². The summed E-state index contributed by atoms with van der Waals surface area (Å²) in [6.45, 7) is -0.244. The van der Waals surface area contributed by atoms with Gasteiger partial charge in [0.05, 0.1) is 26.5 Å². The van der Waals surface area contributed by atoms with Crippen LogP contribution in [0.4, 0.5) is 13.2 Å². The second-order valence-corrected chi connectivity index (χ2v) is 6.00. The van der Waals surface area contributed by atoms with Gasteiger partial charge in [-0.15, -0.1) is 0 Å². The Kier molecular flexibility index (Phi) is 5.67. The van der Waals surface area contributed by atoms with Crippen molar-refractivity contribution in [2.24, 2.45) is 0 Å². The number of halogens is 3. The molecule has 0 atom stereocenters. The predicted octanol–water partition coefficient (Wildman–Crippen LogP) is 3.17. The lowest BCUT2D eigenvalue weighted by Gasteiger charge is -2.11. The van der Waals surface area contributed by atoms with Gasteiger partial charge in [-0.2, -0.15) is 5.10 Å². The highest BCUT2D eigenvalue weighted by Crippen LogP contribution is 2.24. The van der Waals surface area contributed by atoms with E-state index < -0.39 is 29.0 Å². The monoisotopic (exact) mass is 404 g/mol. The van der Waals surface area contributed by atoms with Crippen LogP contribution in [0.25, 0.3) is 11.3 Å². The summed E-state index contributed by atoms with van der Waals surface area (Å²) in [5, 5.41) is 4.14. The van der Waals surface area contributed by atoms with Gasteiger partial charge in [0.2, 0.25) is 0 Å². The number of benzene rings is 2. The van der Waals surface area contributed by atoms with Crippen LogP contribution in [-0.2, 0) is 11.3 Å². The first-order valence-electron chi connectivity index (χ1n) is 8.32. The molecule has 0 amide bonds. The second kappa shape index (κ2) is 8.17. The van der Waals surface area contributed by atoms with E-state index in [1.54, 1.807) is 0 Å². The van der Waals surface area contributed by atoms with Crippen molar-refractivity contribution in [3.05, 3.63) is 81.4 Å². The first-order valence-corrected chi connectivity index (χ1v) is 8.32. The number of hydrogen-bond donors (Lipinski definition) is 0. The van der Waals surface area contributed by atoms with Crippen LogP contribution in [-0.4, -0.2) is 30.0 Å². The van der Waals surface area contributed by atoms with E-state index in [2.05, 4.69) is 9.84 Å². The normalized spacial score (nSPS) is 10.7. The zero-order valence-electron chi connectivity index (χ0n) is 15.4. The van der Waals surface area contributed by atoms with Gasteiger partial charge in [0.1, 0.15) is 5.56 Å². The summed E-state index contributed by atoms with van der Waals surface area (Å²) in [4.78, 5) is 24.6. The maximum absolute atomic E-state index is 14.1. The molecule has 29 heavy (non-hydrogen) atoms. The lowest BCUT2D eigenvalue weighted by molar-refractivity contribution is 0.0597. The molecule has 6 nitrogen and oxygen atoms in total. The average Bonchev–Trinajstić information content (AvgIpc) is 2.71. The summed E-state index contributed by atoms with van der Waals surface area (Å²) in [7, 11) is 2.42. The Morgan fingerprint density at radius 3 is 2.38 bits per heavy atom. The van der Waals surface area contributed by atoms with Gasteiger partial charge >= 0.3 is 5.97 Å². The number of esters is 1. The van der Waals surface area contributed by atoms with Gasteiger partial charge in [0.25, 0.3) is 5.56 Å². The summed E-state index contributed by atoms with van der Waals surface area (Å²) in [5.41, 5.74) is -0.510. The first kappa shape index (κ1) is 20.1. The highest BCUT2D eigenvalue weighted by Gasteiger charge is 2.18. The third kappa shape index (κ3) is 4.13. The van der Waals surface area contributed by atoms with Crippen molar-refractivity contribution < 1.29 is 27.4 Å². The van der Waals surface area contributed by atoms with Crippen LogP contribution in [0.1, 0.15) is 15.9 Å². The minimum atomic E-state index is -1.09. The number of ether oxygens (including phenoxy) is 2. The molecule has 0 aliphatic heterocycles. The third-order valence-electron chi connectivity index (χ3n) is 4.14. The van der Waals surface area contributed by atoms with E-state index in [4.69, 9.17) is 4.74 Å². The Balaban J connectivity index is 2.13. The van der Waals surface area contributed by atoms with Gasteiger partial charge in [-0.05, 0) is 42.0 Å². The number of nitrogens with zero attached hydrogens (tertiary/aromatic N) is 2. The summed E-state index contributed by atoms with van der Waals surface area (Å²) >= 11 is 0. The van der Waals surface area contributed by atoms with Crippen molar-refractivity contribution in [3.8, 4) is 17.0 Å². The summed E-state index contributed by atoms with van der Waals surface area (Å²) in [5.74, 6) is -3.68. The van der Waals surface area contributed by atoms with Gasteiger partial charge in [0.15, 0.2) is 23.2 Å². The van der Waals surface area contributed by atoms with E-state index >= 15 is 0 Å². The smallest absolute Gasteiger partial charge is 0.343 e. The molecule has 0 aliphatic rings. The van der Waals surface area contributed by atoms with E-state index in [9.17, 15) is 22.8 Å². The molecule has 3 aromatic rings. The van der Waals surface area contributed by atoms with E-state index in [1.807, 2.05) is 0 Å². The molecule has 9 heteroatoms. The van der Waals surface area contributed by atoms with Crippen LogP contribution < -0.4 is 10.3 Å². The quantitative estimate of drug-likeness (QED) is 0.611. The molecular formula is C20H15F3N2O4. The van der Waals surface area contributed by atoms with Gasteiger partial charge in [0, 0.05) is 5.56 Å². The molecule has 2 aromatic carbocycles. The number of rotatable bonds is 5. The van der Waals surface area contributed by atoms with Crippen molar-refractivity contribution in [2.45, 2.75) is 6.54 Å². The predicted molar refractivity (Wildman–Crippen MR) is 97.2 cm³/mol. The summed E-state index contributed by atoms with van der Waals surface area (Å²) in [6.07, 6.45) is 0. The zero-order chi connectivity index (χ0) is 21.1. The highest BCUT2D eigenvalue weighted by atomic mass is 19.2. The van der Waals surface area contributed by atoms with Gasteiger partial charge in [-0.25, -0.2) is 22.6 Å². The van der Waals surface area contributed by atoms with Crippen LogP contribution >= 0.6 is 0 Å². The van der Waals surface area contributed by atoms with Crippen molar-refractivity contribution in [1.82, 2.24) is 9.78 Å². The number of methoxy groups -OCH3 is 2. The van der Waals surface area contributed by atoms with E-state index in [1.165, 1.54) is 31.4 Å². The van der Waals surface area contributed by atoms with E-state index in [0.717, 1.165) is 30.0 Å². The highest BCUT2D eigenvalue weighted by molar-refractivity contribution is 5.90. The lowest BCUT2D eigenvalue weighted by atomic mass is 10.1. The van der Waals surface area contributed by atoms with E-state index in [-0.39, 0.29) is 34.7 Å². The molecular weight excluding hydrogens is 389 g/mol. The average molecular weight is 404 g/mol. The van der Waals surface area contributed by atoms with Crippen molar-refractivity contribution in [3.63, 3.8) is 0 Å². The number of carbonyl (C=O) groups excluding carboxylic acids is 1. The lowest BCUT2D eigenvalue weighted by Crippen LogP contribution is -2.30. The van der Waals surface area contributed by atoms with Crippen LogP contribution in [0.15, 0.2) is 47.3 Å². The number of carbonyl (C=O) groups is 1. The fourth-order valence-corrected chi connectivity index (χ4v) is 2.68. The molecule has 1 heterocycles. The fraction of sp³-hybridized carbons (Fsp3) is 0.150. The van der Waals surface area contributed by atoms with Crippen LogP contribution in [0.2, 0.25) is 0 Å². The van der Waals surface area contributed by atoms with Gasteiger partial charge in [-0.3, -0.25) is 4.79 Å². The number of hydrogen-bond acceptors (Lipinski definition) is 5. The largest absolute Gasteiger partial charge is 0.494 e. The third-order valence-corrected chi connectivity index (χ3v) is 4.14. The minimum Gasteiger partial charge on any atom is -0.494 e. The first-order chi connectivity index (χ1) is 13.8. The Bertz CT molecular complexity index is 1150. The Morgan fingerprint density at radius 2 is 1.76 bits per heavy atom. The summed E-state index contributed by atoms with van der Waals surface area (Å²) < 4.78 is 51.1. The molecule has 0 aliphatic carbocycles. The van der Waals surface area contributed by atoms with Crippen molar-refractivity contribution in [2.75, 3.05) is 14.2 Å². The van der Waals surface area contributed by atoms with Crippen molar-refractivity contribution in [1.29, 1.82) is 0 Å². The Labute approximate surface area is 163 Å². The second-order valence-electron chi connectivity index (χ2n) is 6.00. The van der Waals surface area contributed by atoms with Gasteiger partial charge in [-0.1, -0.05) is 6.07 Å². The molecule has 0 bridgehead atoms. The standard InChI is InChI=1S/C20H15F3N2O4/c1-28-18-6-4-12(8-16(18)23)17-9-13(20(27)29-2)19(26)25(24-17)10-11-3-5-14(21)15(22)7-11/h3-9H,10H2,1-2H3. The summed E-state index contributed by atoms with van der Waals surface area (Å²) in [6, 6.07) is 8.29. The molecule has 0 saturated carbocycles. The van der Waals surface area contributed by atoms with Crippen molar-refractivity contribution >= 4 is 5.97 Å². The molecule has 3 rings (SSSR count). The van der Waals surface area contributed by atoms with Gasteiger partial charge < -0.3 is 9.47 Å². The van der Waals surface area contributed by atoms with Crippen LogP contribution in [0.3, 0.4) is 0 Å². The maximum Gasteiger partial charge on any atom is 0.343 e. The molecule has 0 saturated heterocycles. The SMILES string of the molecule is COC(=O)c1cc(-c2ccc(OC)c(F)c2)nn(Cc2ccc(F)c(F)c2)c1=O. The van der Waals surface area contributed by atoms with E-state index in [0.29, 0.717) is 0 Å². The molecule has 1 aromatic heterocycles. The molecule has 0 spiro atoms. The fourth-order valence-electron chi connectivity index (χ4n) is 2.68. The Morgan fingerprint density at radius 1 is 1.00 bits per heavy atom. The Hall–Kier alpha value is -3.62. The maximum atomic E-state index is 14.1. The minimum absolute atomic E-state index is 0.0112. The topological polar surface area (TPSA) is 70.4 Å². The molecule has 0 N–H and O–H groups in total. The number of aromatic nitrogens is 2. The van der Waals surface area contributed by atoms with Crippen LogP contribution in [0, 0.1) is 17.5 Å².